The topological polar surface area (TPSA) is 67.9 Å². The van der Waals surface area contributed by atoms with Crippen molar-refractivity contribution in [3.63, 3.8) is 0 Å². The number of rotatable bonds is 7. The third kappa shape index (κ3) is 4.48. The Kier molecular flexibility index (Phi) is 5.89. The molecule has 152 valence electrons. The summed E-state index contributed by atoms with van der Waals surface area (Å²) in [6.45, 7) is 0.992. The van der Waals surface area contributed by atoms with Crippen LogP contribution in [-0.2, 0) is 15.3 Å². The summed E-state index contributed by atoms with van der Waals surface area (Å²) in [4.78, 5) is 26.4. The first-order valence-electron chi connectivity index (χ1n) is 9.40. The SMILES string of the molecule is O=C(NCCSCc1ccccc1F)C1CC(=O)N(c2ccc3c(c2)OCO3)C1. The Hall–Kier alpha value is -2.74. The second kappa shape index (κ2) is 8.73. The molecule has 0 saturated carbocycles. The van der Waals surface area contributed by atoms with Crippen LogP contribution in [0.3, 0.4) is 0 Å². The molecule has 1 atom stereocenters. The molecule has 0 aliphatic carbocycles. The predicted octanol–water partition coefficient (Wildman–Crippen LogP) is 2.96. The quantitative estimate of drug-likeness (QED) is 0.703. The van der Waals surface area contributed by atoms with Crippen LogP contribution >= 0.6 is 11.8 Å². The van der Waals surface area contributed by atoms with Gasteiger partial charge in [0.2, 0.25) is 18.6 Å². The maximum absolute atomic E-state index is 13.6. The second-order valence-corrected chi connectivity index (χ2v) is 7.98. The molecule has 0 radical (unpaired) electrons. The predicted molar refractivity (Wildman–Crippen MR) is 109 cm³/mol. The number of fused-ring (bicyclic) bond motifs is 1. The van der Waals surface area contributed by atoms with Crippen LogP contribution in [0, 0.1) is 11.7 Å². The number of anilines is 1. The van der Waals surface area contributed by atoms with Crippen molar-refractivity contribution in [1.82, 2.24) is 5.32 Å². The van der Waals surface area contributed by atoms with Gasteiger partial charge in [0, 0.05) is 42.8 Å². The molecular formula is C21H21FN2O4S. The summed E-state index contributed by atoms with van der Waals surface area (Å²) in [6, 6.07) is 12.0. The molecule has 4 rings (SSSR count). The second-order valence-electron chi connectivity index (χ2n) is 6.88. The Balaban J connectivity index is 1.24. The van der Waals surface area contributed by atoms with E-state index in [1.54, 1.807) is 47.0 Å². The Morgan fingerprint density at radius 3 is 2.90 bits per heavy atom. The van der Waals surface area contributed by atoms with E-state index in [9.17, 15) is 14.0 Å². The van der Waals surface area contributed by atoms with E-state index >= 15 is 0 Å². The fourth-order valence-corrected chi connectivity index (χ4v) is 4.22. The molecule has 2 heterocycles. The molecule has 1 fully saturated rings. The number of ether oxygens (including phenoxy) is 2. The van der Waals surface area contributed by atoms with Crippen molar-refractivity contribution in [1.29, 1.82) is 0 Å². The fraction of sp³-hybridized carbons (Fsp3) is 0.333. The van der Waals surface area contributed by atoms with Crippen molar-refractivity contribution in [2.75, 3.05) is 30.5 Å². The maximum Gasteiger partial charge on any atom is 0.231 e. The lowest BCUT2D eigenvalue weighted by molar-refractivity contribution is -0.126. The number of carbonyl (C=O) groups excluding carboxylic acids is 2. The highest BCUT2D eigenvalue weighted by Crippen LogP contribution is 2.37. The molecular weight excluding hydrogens is 395 g/mol. The van der Waals surface area contributed by atoms with E-state index in [0.29, 0.717) is 47.3 Å². The van der Waals surface area contributed by atoms with E-state index in [-0.39, 0.29) is 36.8 Å². The number of nitrogens with one attached hydrogen (secondary N) is 1. The summed E-state index contributed by atoms with van der Waals surface area (Å²) < 4.78 is 24.2. The monoisotopic (exact) mass is 416 g/mol. The first-order valence-corrected chi connectivity index (χ1v) is 10.6. The molecule has 2 aromatic rings. The minimum Gasteiger partial charge on any atom is -0.454 e. The van der Waals surface area contributed by atoms with Gasteiger partial charge in [-0.15, -0.1) is 0 Å². The highest BCUT2D eigenvalue weighted by atomic mass is 32.2. The Morgan fingerprint density at radius 2 is 2.03 bits per heavy atom. The normalized spacial score (nSPS) is 17.6. The fourth-order valence-electron chi connectivity index (χ4n) is 3.37. The van der Waals surface area contributed by atoms with Gasteiger partial charge in [0.15, 0.2) is 11.5 Å². The van der Waals surface area contributed by atoms with E-state index in [0.717, 1.165) is 0 Å². The maximum atomic E-state index is 13.6. The zero-order valence-corrected chi connectivity index (χ0v) is 16.5. The van der Waals surface area contributed by atoms with Gasteiger partial charge in [0.05, 0.1) is 5.92 Å². The molecule has 2 amide bonds. The summed E-state index contributed by atoms with van der Waals surface area (Å²) in [7, 11) is 0. The van der Waals surface area contributed by atoms with Crippen molar-refractivity contribution in [2.24, 2.45) is 5.92 Å². The van der Waals surface area contributed by atoms with Crippen LogP contribution in [-0.4, -0.2) is 37.4 Å². The number of amides is 2. The summed E-state index contributed by atoms with van der Waals surface area (Å²) in [5.41, 5.74) is 1.36. The highest BCUT2D eigenvalue weighted by Gasteiger charge is 2.35. The molecule has 29 heavy (non-hydrogen) atoms. The third-order valence-electron chi connectivity index (χ3n) is 4.92. The summed E-state index contributed by atoms with van der Waals surface area (Å²) in [5.74, 6) is 1.68. The molecule has 6 nitrogen and oxygen atoms in total. The lowest BCUT2D eigenvalue weighted by Gasteiger charge is -2.17. The Bertz CT molecular complexity index is 923. The van der Waals surface area contributed by atoms with Gasteiger partial charge in [-0.2, -0.15) is 11.8 Å². The Labute approximate surface area is 172 Å². The first kappa shape index (κ1) is 19.6. The molecule has 2 aromatic carbocycles. The zero-order chi connectivity index (χ0) is 20.2. The average molecular weight is 416 g/mol. The van der Waals surface area contributed by atoms with E-state index in [1.165, 1.54) is 6.07 Å². The van der Waals surface area contributed by atoms with E-state index < -0.39 is 0 Å². The summed E-state index contributed by atoms with van der Waals surface area (Å²) in [5, 5.41) is 2.88. The number of halogens is 1. The van der Waals surface area contributed by atoms with E-state index in [1.807, 2.05) is 6.07 Å². The van der Waals surface area contributed by atoms with Gasteiger partial charge in [-0.05, 0) is 23.8 Å². The van der Waals surface area contributed by atoms with Gasteiger partial charge in [-0.1, -0.05) is 18.2 Å². The molecule has 2 aliphatic rings. The van der Waals surface area contributed by atoms with Gasteiger partial charge in [-0.25, -0.2) is 4.39 Å². The average Bonchev–Trinajstić information content (AvgIpc) is 3.34. The number of thioether (sulfide) groups is 1. The number of benzene rings is 2. The first-order chi connectivity index (χ1) is 14.1. The van der Waals surface area contributed by atoms with Crippen molar-refractivity contribution in [3.05, 3.63) is 53.8 Å². The van der Waals surface area contributed by atoms with Gasteiger partial charge in [0.25, 0.3) is 0 Å². The van der Waals surface area contributed by atoms with Gasteiger partial charge in [0.1, 0.15) is 5.82 Å². The molecule has 1 N–H and O–H groups in total. The van der Waals surface area contributed by atoms with Crippen LogP contribution in [0.1, 0.15) is 12.0 Å². The van der Waals surface area contributed by atoms with Crippen LogP contribution in [0.5, 0.6) is 11.5 Å². The van der Waals surface area contributed by atoms with Crippen molar-refractivity contribution >= 4 is 29.3 Å². The highest BCUT2D eigenvalue weighted by molar-refractivity contribution is 7.98. The molecule has 2 aliphatic heterocycles. The van der Waals surface area contributed by atoms with Gasteiger partial charge in [-0.3, -0.25) is 9.59 Å². The van der Waals surface area contributed by atoms with Crippen LogP contribution < -0.4 is 19.7 Å². The largest absolute Gasteiger partial charge is 0.454 e. The molecule has 8 heteroatoms. The number of nitrogens with zero attached hydrogens (tertiary/aromatic N) is 1. The molecule has 1 unspecified atom stereocenters. The minimum atomic E-state index is -0.385. The number of carbonyl (C=O) groups is 2. The van der Waals surface area contributed by atoms with E-state index in [2.05, 4.69) is 5.32 Å². The molecule has 0 spiro atoms. The van der Waals surface area contributed by atoms with Crippen LogP contribution in [0.25, 0.3) is 0 Å². The van der Waals surface area contributed by atoms with Crippen LogP contribution in [0.4, 0.5) is 10.1 Å². The third-order valence-corrected chi connectivity index (χ3v) is 5.93. The summed E-state index contributed by atoms with van der Waals surface area (Å²) in [6.07, 6.45) is 0.183. The molecule has 0 aromatic heterocycles. The van der Waals surface area contributed by atoms with Crippen LogP contribution in [0.15, 0.2) is 42.5 Å². The van der Waals surface area contributed by atoms with Crippen molar-refractivity contribution in [3.8, 4) is 11.5 Å². The van der Waals surface area contributed by atoms with Gasteiger partial charge >= 0.3 is 0 Å². The lowest BCUT2D eigenvalue weighted by atomic mass is 10.1. The number of hydrogen-bond acceptors (Lipinski definition) is 5. The molecule has 0 bridgehead atoms. The smallest absolute Gasteiger partial charge is 0.231 e. The van der Waals surface area contributed by atoms with E-state index in [4.69, 9.17) is 9.47 Å². The van der Waals surface area contributed by atoms with Gasteiger partial charge < -0.3 is 19.7 Å². The number of hydrogen-bond donors (Lipinski definition) is 1. The van der Waals surface area contributed by atoms with Crippen molar-refractivity contribution in [2.45, 2.75) is 12.2 Å². The van der Waals surface area contributed by atoms with Crippen LogP contribution in [0.2, 0.25) is 0 Å². The standard InChI is InChI=1S/C21H21FN2O4S/c22-17-4-2-1-3-14(17)12-29-8-7-23-21(26)15-9-20(25)24(11-15)16-5-6-18-19(10-16)28-13-27-18/h1-6,10,15H,7-9,11-13H2,(H,23,26). The minimum absolute atomic E-state index is 0.0852. The molecule has 1 saturated heterocycles. The summed E-state index contributed by atoms with van der Waals surface area (Å²) >= 11 is 1.56. The zero-order valence-electron chi connectivity index (χ0n) is 15.7. The van der Waals surface area contributed by atoms with Crippen molar-refractivity contribution < 1.29 is 23.5 Å². The Morgan fingerprint density at radius 1 is 1.21 bits per heavy atom. The lowest BCUT2D eigenvalue weighted by Crippen LogP contribution is -2.34.